The van der Waals surface area contributed by atoms with Crippen molar-refractivity contribution in [1.82, 2.24) is 0 Å². The average molecular weight is 448 g/mol. The fourth-order valence-electron chi connectivity index (χ4n) is 2.59. The zero-order valence-electron chi connectivity index (χ0n) is 19.4. The van der Waals surface area contributed by atoms with Crippen LogP contribution in [0.5, 0.6) is 0 Å². The molecule has 8 heteroatoms. The predicted octanol–water partition coefficient (Wildman–Crippen LogP) is 2.92. The Balaban J connectivity index is 0. The number of unbranched alkanes of at least 4 members (excludes halogenated alkanes) is 11. The molecule has 0 aromatic heterocycles. The minimum Gasteiger partial charge on any atom is -0.480 e. The number of ether oxygens (including phenoxy) is 1. The van der Waals surface area contributed by atoms with Gasteiger partial charge in [-0.05, 0) is 19.8 Å². The summed E-state index contributed by atoms with van der Waals surface area (Å²) in [7, 11) is 0. The second-order valence-electron chi connectivity index (χ2n) is 7.80. The van der Waals surface area contributed by atoms with Crippen molar-refractivity contribution in [2.75, 3.05) is 13.2 Å². The first kappa shape index (κ1) is 31.7. The van der Waals surface area contributed by atoms with Crippen LogP contribution in [0.1, 0.15) is 90.9 Å². The molecule has 31 heavy (non-hydrogen) atoms. The molecule has 3 atom stereocenters. The van der Waals surface area contributed by atoms with Crippen molar-refractivity contribution in [3.8, 4) is 0 Å². The summed E-state index contributed by atoms with van der Waals surface area (Å²) in [5.74, 6) is -1.64. The van der Waals surface area contributed by atoms with Gasteiger partial charge in [0.1, 0.15) is 18.8 Å². The lowest BCUT2D eigenvalue weighted by molar-refractivity contribution is -0.142. The number of hydrogen-bond donors (Lipinski definition) is 5. The van der Waals surface area contributed by atoms with Gasteiger partial charge in [0.05, 0.1) is 12.7 Å². The summed E-state index contributed by atoms with van der Waals surface area (Å²) in [5.41, 5.74) is 4.91. The van der Waals surface area contributed by atoms with E-state index < -0.39 is 36.8 Å². The summed E-state index contributed by atoms with van der Waals surface area (Å²) in [6.45, 7) is 3.03. The first-order valence-corrected chi connectivity index (χ1v) is 11.5. The highest BCUT2D eigenvalue weighted by Gasteiger charge is 2.16. The van der Waals surface area contributed by atoms with Crippen molar-refractivity contribution in [2.45, 2.75) is 109 Å². The highest BCUT2D eigenvalue weighted by Crippen LogP contribution is 2.12. The maximum atomic E-state index is 11.3. The minimum atomic E-state index is -1.18. The smallest absolute Gasteiger partial charge is 0.330 e. The number of nitrogens with two attached hydrogens (primary N) is 1. The van der Waals surface area contributed by atoms with Crippen LogP contribution in [-0.4, -0.2) is 63.8 Å². The molecule has 0 radical (unpaired) electrons. The van der Waals surface area contributed by atoms with Gasteiger partial charge in [0, 0.05) is 6.08 Å². The number of carboxylic acids is 1. The van der Waals surface area contributed by atoms with Crippen LogP contribution in [0.3, 0.4) is 0 Å². The number of aliphatic hydroxyl groups is 3. The van der Waals surface area contributed by atoms with Crippen molar-refractivity contribution < 1.29 is 34.8 Å². The van der Waals surface area contributed by atoms with Crippen LogP contribution < -0.4 is 5.73 Å². The third kappa shape index (κ3) is 24.7. The van der Waals surface area contributed by atoms with Crippen LogP contribution in [0.2, 0.25) is 0 Å². The number of carbonyl (C=O) groups is 2. The Morgan fingerprint density at radius 2 is 1.42 bits per heavy atom. The van der Waals surface area contributed by atoms with Crippen molar-refractivity contribution in [2.24, 2.45) is 5.73 Å². The SMILES string of the molecule is CC(O)C(N)C(=O)O.CCCCCCCCCCCCC/C=C/C(=O)OCC(O)CO. The molecule has 184 valence electrons. The molecular formula is C23H45NO7. The number of hydrogen-bond acceptors (Lipinski definition) is 7. The number of aliphatic hydroxyl groups excluding tert-OH is 3. The van der Waals surface area contributed by atoms with E-state index in [4.69, 9.17) is 30.9 Å². The second-order valence-corrected chi connectivity index (χ2v) is 7.80. The molecule has 0 saturated carbocycles. The van der Waals surface area contributed by atoms with E-state index in [1.807, 2.05) is 6.08 Å². The number of allylic oxidation sites excluding steroid dienone is 1. The molecule has 3 unspecified atom stereocenters. The Bertz CT molecular complexity index is 455. The maximum absolute atomic E-state index is 11.3. The van der Waals surface area contributed by atoms with Gasteiger partial charge in [0.25, 0.3) is 0 Å². The molecule has 0 aliphatic heterocycles. The zero-order valence-corrected chi connectivity index (χ0v) is 19.4. The van der Waals surface area contributed by atoms with E-state index in [1.165, 1.54) is 77.2 Å². The van der Waals surface area contributed by atoms with Gasteiger partial charge >= 0.3 is 11.9 Å². The van der Waals surface area contributed by atoms with E-state index >= 15 is 0 Å². The highest BCUT2D eigenvalue weighted by atomic mass is 16.5. The molecule has 0 amide bonds. The first-order valence-electron chi connectivity index (χ1n) is 11.5. The van der Waals surface area contributed by atoms with Gasteiger partial charge in [-0.2, -0.15) is 0 Å². The molecule has 8 nitrogen and oxygen atoms in total. The molecule has 6 N–H and O–H groups in total. The molecule has 0 rings (SSSR count). The fourth-order valence-corrected chi connectivity index (χ4v) is 2.59. The third-order valence-electron chi connectivity index (χ3n) is 4.66. The maximum Gasteiger partial charge on any atom is 0.330 e. The van der Waals surface area contributed by atoms with Crippen molar-refractivity contribution in [3.63, 3.8) is 0 Å². The molecule has 0 heterocycles. The van der Waals surface area contributed by atoms with E-state index in [0.29, 0.717) is 0 Å². The quantitative estimate of drug-likeness (QED) is 0.122. The lowest BCUT2D eigenvalue weighted by Crippen LogP contribution is -2.39. The molecule has 0 aliphatic carbocycles. The lowest BCUT2D eigenvalue weighted by atomic mass is 10.1. The van der Waals surface area contributed by atoms with Gasteiger partial charge in [0.2, 0.25) is 0 Å². The Kier molecular flexibility index (Phi) is 23.7. The monoisotopic (exact) mass is 447 g/mol. The van der Waals surface area contributed by atoms with Crippen LogP contribution in [0.25, 0.3) is 0 Å². The van der Waals surface area contributed by atoms with Crippen molar-refractivity contribution >= 4 is 11.9 Å². The van der Waals surface area contributed by atoms with Gasteiger partial charge in [-0.25, -0.2) is 4.79 Å². The summed E-state index contributed by atoms with van der Waals surface area (Å²) >= 11 is 0. The molecule has 0 aliphatic rings. The number of rotatable bonds is 18. The normalized spacial score (nSPS) is 13.9. The Morgan fingerprint density at radius 1 is 0.935 bits per heavy atom. The van der Waals surface area contributed by atoms with E-state index in [0.717, 1.165) is 12.8 Å². The standard InChI is InChI=1S/C19H36O4.C4H9NO3/c1-2-3-4-5-6-7-8-9-10-11-12-13-14-15-19(22)23-17-18(21)16-20;1-2(6)3(5)4(7)8/h14-15,18,20-21H,2-13,16-17H2,1H3;2-3,6H,5H2,1H3,(H,7,8)/b15-14+;. The minimum absolute atomic E-state index is 0.155. The zero-order chi connectivity index (χ0) is 23.9. The van der Waals surface area contributed by atoms with Crippen molar-refractivity contribution in [1.29, 1.82) is 0 Å². The van der Waals surface area contributed by atoms with Gasteiger partial charge in [-0.3, -0.25) is 4.79 Å². The van der Waals surface area contributed by atoms with Crippen LogP contribution in [0.4, 0.5) is 0 Å². The molecular weight excluding hydrogens is 402 g/mol. The van der Waals surface area contributed by atoms with Gasteiger partial charge < -0.3 is 30.9 Å². The third-order valence-corrected chi connectivity index (χ3v) is 4.66. The molecule has 0 fully saturated rings. The highest BCUT2D eigenvalue weighted by molar-refractivity contribution is 5.81. The Hall–Kier alpha value is -1.48. The number of esters is 1. The summed E-state index contributed by atoms with van der Waals surface area (Å²) in [4.78, 5) is 21.1. The molecule has 0 saturated heterocycles. The summed E-state index contributed by atoms with van der Waals surface area (Å²) in [6.07, 6.45) is 16.6. The number of carbonyl (C=O) groups excluding carboxylic acids is 1. The molecule has 0 bridgehead atoms. The number of aliphatic carboxylic acids is 1. The van der Waals surface area contributed by atoms with Crippen molar-refractivity contribution in [3.05, 3.63) is 12.2 Å². The van der Waals surface area contributed by atoms with Gasteiger partial charge in [0.15, 0.2) is 0 Å². The van der Waals surface area contributed by atoms with Crippen LogP contribution in [0.15, 0.2) is 12.2 Å². The fraction of sp³-hybridized carbons (Fsp3) is 0.826. The van der Waals surface area contributed by atoms with E-state index in [1.54, 1.807) is 0 Å². The van der Waals surface area contributed by atoms with Gasteiger partial charge in [-0.15, -0.1) is 0 Å². The lowest BCUT2D eigenvalue weighted by Gasteiger charge is -2.06. The summed E-state index contributed by atoms with van der Waals surface area (Å²) in [6, 6.07) is -1.16. The summed E-state index contributed by atoms with van der Waals surface area (Å²) < 4.78 is 4.77. The topological polar surface area (TPSA) is 150 Å². The predicted molar refractivity (Wildman–Crippen MR) is 122 cm³/mol. The second kappa shape index (κ2) is 23.2. The molecule has 0 aromatic rings. The van der Waals surface area contributed by atoms with E-state index in [9.17, 15) is 9.59 Å². The van der Waals surface area contributed by atoms with Crippen LogP contribution in [0, 0.1) is 0 Å². The van der Waals surface area contributed by atoms with Crippen LogP contribution >= 0.6 is 0 Å². The van der Waals surface area contributed by atoms with Gasteiger partial charge in [-0.1, -0.05) is 77.2 Å². The van der Waals surface area contributed by atoms with E-state index in [2.05, 4.69) is 6.92 Å². The Labute approximate surface area is 187 Å². The largest absolute Gasteiger partial charge is 0.480 e. The Morgan fingerprint density at radius 3 is 1.81 bits per heavy atom. The molecule has 0 spiro atoms. The van der Waals surface area contributed by atoms with Crippen LogP contribution in [-0.2, 0) is 14.3 Å². The van der Waals surface area contributed by atoms with E-state index in [-0.39, 0.29) is 6.61 Å². The first-order chi connectivity index (χ1) is 14.8. The number of carboxylic acid groups (broad SMARTS) is 1. The molecule has 0 aromatic carbocycles. The average Bonchev–Trinajstić information content (AvgIpc) is 2.74. The summed E-state index contributed by atoms with van der Waals surface area (Å²) in [5, 5.41) is 34.2.